The molecule has 0 saturated heterocycles. The highest BCUT2D eigenvalue weighted by molar-refractivity contribution is 14.1. The van der Waals surface area contributed by atoms with Crippen LogP contribution in [0.25, 0.3) is 5.57 Å². The minimum Gasteiger partial charge on any atom is -0.512 e. The standard InChI is InChI=1S/C25H30INO3S/c1-4-19-10-16(3)11-20(5-2)24(19)25-21(28)12-17(13-22(25)29)8-9-31(30)23-7-6-18(14-26)15-27-23/h6-7,10-11,15,17,28H,4-5,8-9,12-14H2,1-3H3. The molecule has 0 radical (unpaired) electrons. The monoisotopic (exact) mass is 551 g/mol. The summed E-state index contributed by atoms with van der Waals surface area (Å²) in [5, 5.41) is 11.5. The molecule has 0 saturated carbocycles. The van der Waals surface area contributed by atoms with Crippen LogP contribution < -0.4 is 0 Å². The Morgan fingerprint density at radius 3 is 2.35 bits per heavy atom. The van der Waals surface area contributed by atoms with Gasteiger partial charge in [-0.2, -0.15) is 0 Å². The van der Waals surface area contributed by atoms with Crippen molar-refractivity contribution in [2.24, 2.45) is 5.92 Å². The second-order valence-corrected chi connectivity index (χ2v) is 10.4. The number of aliphatic hydroxyl groups is 1. The van der Waals surface area contributed by atoms with Gasteiger partial charge in [-0.1, -0.05) is 60.2 Å². The average Bonchev–Trinajstić information content (AvgIpc) is 2.77. The van der Waals surface area contributed by atoms with Crippen molar-refractivity contribution in [1.29, 1.82) is 0 Å². The highest BCUT2D eigenvalue weighted by Gasteiger charge is 2.31. The lowest BCUT2D eigenvalue weighted by Gasteiger charge is -2.26. The number of aliphatic hydroxyl groups excluding tert-OH is 1. The summed E-state index contributed by atoms with van der Waals surface area (Å²) < 4.78 is 13.5. The van der Waals surface area contributed by atoms with Crippen molar-refractivity contribution in [2.45, 2.75) is 62.3 Å². The lowest BCUT2D eigenvalue weighted by atomic mass is 9.79. The van der Waals surface area contributed by atoms with Crippen LogP contribution in [0, 0.1) is 12.8 Å². The Labute approximate surface area is 201 Å². The topological polar surface area (TPSA) is 67.3 Å². The van der Waals surface area contributed by atoms with Gasteiger partial charge in [-0.3, -0.25) is 9.00 Å². The minimum absolute atomic E-state index is 0.00249. The number of allylic oxidation sites excluding steroid dienone is 2. The number of hydrogen-bond donors (Lipinski definition) is 1. The number of benzene rings is 1. The summed E-state index contributed by atoms with van der Waals surface area (Å²) in [6.45, 7) is 6.24. The van der Waals surface area contributed by atoms with E-state index in [1.165, 1.54) is 5.56 Å². The van der Waals surface area contributed by atoms with Crippen LogP contribution in [0.2, 0.25) is 0 Å². The smallest absolute Gasteiger partial charge is 0.167 e. The van der Waals surface area contributed by atoms with Crippen molar-refractivity contribution in [1.82, 2.24) is 4.98 Å². The van der Waals surface area contributed by atoms with Crippen LogP contribution in [0.3, 0.4) is 0 Å². The van der Waals surface area contributed by atoms with E-state index in [4.69, 9.17) is 0 Å². The first-order chi connectivity index (χ1) is 14.9. The van der Waals surface area contributed by atoms with E-state index >= 15 is 0 Å². The van der Waals surface area contributed by atoms with E-state index < -0.39 is 10.8 Å². The average molecular weight is 551 g/mol. The van der Waals surface area contributed by atoms with Crippen LogP contribution in [0.1, 0.15) is 60.9 Å². The molecule has 1 aromatic carbocycles. The molecule has 1 heterocycles. The molecular weight excluding hydrogens is 521 g/mol. The summed E-state index contributed by atoms with van der Waals surface area (Å²) in [6, 6.07) is 8.01. The summed E-state index contributed by atoms with van der Waals surface area (Å²) in [4.78, 5) is 17.4. The number of alkyl halides is 1. The number of hydrogen-bond acceptors (Lipinski definition) is 4. The third-order valence-electron chi connectivity index (χ3n) is 5.88. The predicted molar refractivity (Wildman–Crippen MR) is 135 cm³/mol. The molecule has 0 spiro atoms. The van der Waals surface area contributed by atoms with Gasteiger partial charge in [0.25, 0.3) is 0 Å². The first-order valence-corrected chi connectivity index (χ1v) is 13.7. The largest absolute Gasteiger partial charge is 0.512 e. The molecule has 31 heavy (non-hydrogen) atoms. The third-order valence-corrected chi connectivity index (χ3v) is 8.07. The molecule has 2 aromatic rings. The number of ketones is 1. The molecule has 0 bridgehead atoms. The molecule has 3 rings (SSSR count). The zero-order chi connectivity index (χ0) is 22.5. The van der Waals surface area contributed by atoms with Crippen molar-refractivity contribution in [3.8, 4) is 0 Å². The van der Waals surface area contributed by atoms with E-state index in [2.05, 4.69) is 60.5 Å². The van der Waals surface area contributed by atoms with Crippen molar-refractivity contribution in [3.05, 3.63) is 64.0 Å². The van der Waals surface area contributed by atoms with Gasteiger partial charge in [0.2, 0.25) is 0 Å². The summed E-state index contributed by atoms with van der Waals surface area (Å²) in [5.74, 6) is 0.638. The van der Waals surface area contributed by atoms with Crippen molar-refractivity contribution in [3.63, 3.8) is 0 Å². The van der Waals surface area contributed by atoms with E-state index in [-0.39, 0.29) is 17.5 Å². The summed E-state index contributed by atoms with van der Waals surface area (Å²) in [7, 11) is -1.20. The van der Waals surface area contributed by atoms with Crippen LogP contribution in [-0.2, 0) is 32.9 Å². The number of Topliss-reactive ketones (excluding diaryl/α,β-unsaturated/α-hetero) is 1. The first kappa shape index (κ1) is 24.1. The van der Waals surface area contributed by atoms with Crippen LogP contribution in [-0.4, -0.2) is 25.8 Å². The van der Waals surface area contributed by atoms with Gasteiger partial charge in [-0.25, -0.2) is 4.98 Å². The molecule has 4 nitrogen and oxygen atoms in total. The van der Waals surface area contributed by atoms with Crippen molar-refractivity contribution < 1.29 is 14.1 Å². The zero-order valence-corrected chi connectivity index (χ0v) is 21.4. The van der Waals surface area contributed by atoms with E-state index in [0.717, 1.165) is 39.5 Å². The van der Waals surface area contributed by atoms with Crippen molar-refractivity contribution >= 4 is 44.7 Å². The molecule has 0 fully saturated rings. The molecule has 1 aromatic heterocycles. The van der Waals surface area contributed by atoms with Crippen LogP contribution in [0.15, 0.2) is 41.2 Å². The molecule has 1 aliphatic rings. The molecule has 166 valence electrons. The Morgan fingerprint density at radius 1 is 1.16 bits per heavy atom. The molecule has 1 aliphatic carbocycles. The SMILES string of the molecule is CCc1cc(C)cc(CC)c1C1=C(O)CC(CCS(=O)c2ccc(CI)cn2)CC1=O. The second kappa shape index (κ2) is 10.9. The fourth-order valence-electron chi connectivity index (χ4n) is 4.28. The van der Waals surface area contributed by atoms with E-state index in [9.17, 15) is 14.1 Å². The Morgan fingerprint density at radius 2 is 1.84 bits per heavy atom. The maximum Gasteiger partial charge on any atom is 0.167 e. The van der Waals surface area contributed by atoms with Crippen LogP contribution in [0.4, 0.5) is 0 Å². The summed E-state index contributed by atoms with van der Waals surface area (Å²) in [5.41, 5.74) is 5.96. The van der Waals surface area contributed by atoms with Gasteiger partial charge in [0, 0.05) is 29.2 Å². The Hall–Kier alpha value is -1.54. The molecular formula is C25H30INO3S. The van der Waals surface area contributed by atoms with Gasteiger partial charge in [0.1, 0.15) is 10.8 Å². The van der Waals surface area contributed by atoms with Gasteiger partial charge >= 0.3 is 0 Å². The van der Waals surface area contributed by atoms with E-state index in [1.54, 1.807) is 6.20 Å². The normalized spacial score (nSPS) is 17.8. The van der Waals surface area contributed by atoms with Gasteiger partial charge in [-0.15, -0.1) is 0 Å². The molecule has 2 atom stereocenters. The number of halogens is 1. The number of aryl methyl sites for hydroxylation is 3. The Balaban J connectivity index is 1.76. The number of nitrogens with zero attached hydrogens (tertiary/aromatic N) is 1. The lowest BCUT2D eigenvalue weighted by Crippen LogP contribution is -2.22. The van der Waals surface area contributed by atoms with Crippen LogP contribution in [0.5, 0.6) is 0 Å². The van der Waals surface area contributed by atoms with Crippen LogP contribution >= 0.6 is 22.6 Å². The summed E-state index contributed by atoms with van der Waals surface area (Å²) >= 11 is 2.27. The zero-order valence-electron chi connectivity index (χ0n) is 18.4. The van der Waals surface area contributed by atoms with Gasteiger partial charge in [-0.05, 0) is 60.4 Å². The number of carbonyl (C=O) groups is 1. The van der Waals surface area contributed by atoms with E-state index in [1.807, 2.05) is 12.1 Å². The number of carbonyl (C=O) groups excluding carboxylic acids is 1. The fraction of sp³-hybridized carbons (Fsp3) is 0.440. The van der Waals surface area contributed by atoms with Gasteiger partial charge in [0.15, 0.2) is 5.78 Å². The predicted octanol–water partition coefficient (Wildman–Crippen LogP) is 5.90. The number of aromatic nitrogens is 1. The fourth-order valence-corrected chi connectivity index (χ4v) is 5.88. The third kappa shape index (κ3) is 5.64. The van der Waals surface area contributed by atoms with Gasteiger partial charge in [0.05, 0.1) is 16.4 Å². The highest BCUT2D eigenvalue weighted by atomic mass is 127. The van der Waals surface area contributed by atoms with Crippen molar-refractivity contribution in [2.75, 3.05) is 5.75 Å². The van der Waals surface area contributed by atoms with E-state index in [0.29, 0.717) is 35.6 Å². The van der Waals surface area contributed by atoms with Gasteiger partial charge < -0.3 is 5.11 Å². The highest BCUT2D eigenvalue weighted by Crippen LogP contribution is 2.37. The Kier molecular flexibility index (Phi) is 8.44. The molecule has 1 N–H and O–H groups in total. The molecule has 0 amide bonds. The first-order valence-electron chi connectivity index (χ1n) is 10.8. The maximum atomic E-state index is 13.1. The Bertz CT molecular complexity index is 989. The number of rotatable bonds is 8. The quantitative estimate of drug-likeness (QED) is 0.328. The maximum absolute atomic E-state index is 13.1. The molecule has 6 heteroatoms. The minimum atomic E-state index is -1.20. The number of pyridine rings is 1. The summed E-state index contributed by atoms with van der Waals surface area (Å²) in [6.07, 6.45) is 4.88. The molecule has 2 unspecified atom stereocenters. The molecule has 0 aliphatic heterocycles. The second-order valence-electron chi connectivity index (χ2n) is 8.16. The lowest BCUT2D eigenvalue weighted by molar-refractivity contribution is -0.115.